The van der Waals surface area contributed by atoms with E-state index in [0.717, 1.165) is 5.56 Å². The van der Waals surface area contributed by atoms with Crippen molar-refractivity contribution in [3.8, 4) is 0 Å². The second kappa shape index (κ2) is 6.85. The number of hydrogen-bond donors (Lipinski definition) is 1. The Bertz CT molecular complexity index is 644. The van der Waals surface area contributed by atoms with E-state index >= 15 is 0 Å². The molecule has 5 nitrogen and oxygen atoms in total. The first-order valence-electron chi connectivity index (χ1n) is 6.72. The lowest BCUT2D eigenvalue weighted by molar-refractivity contribution is -0.136. The number of carbonyl (C=O) groups is 2. The summed E-state index contributed by atoms with van der Waals surface area (Å²) < 4.78 is 24.7. The first-order valence-corrected chi connectivity index (χ1v) is 8.37. The van der Waals surface area contributed by atoms with Crippen LogP contribution in [-0.2, 0) is 14.6 Å². The van der Waals surface area contributed by atoms with E-state index in [1.807, 2.05) is 0 Å². The third kappa shape index (κ3) is 4.97. The third-order valence-corrected chi connectivity index (χ3v) is 5.02. The number of aliphatic carboxylic acids is 1. The average Bonchev–Trinajstić information content (AvgIpc) is 2.33. The van der Waals surface area contributed by atoms with Crippen LogP contribution in [0.15, 0.2) is 23.1 Å². The lowest BCUT2D eigenvalue weighted by atomic mass is 10.0. The molecule has 0 radical (unpaired) electrons. The van der Waals surface area contributed by atoms with Crippen molar-refractivity contribution >= 4 is 21.6 Å². The first kappa shape index (κ1) is 17.4. The van der Waals surface area contributed by atoms with Gasteiger partial charge in [0.2, 0.25) is 0 Å². The summed E-state index contributed by atoms with van der Waals surface area (Å²) in [5.41, 5.74) is 0.856. The number of carbonyl (C=O) groups excluding carboxylic acids is 1. The molecule has 1 rings (SSSR count). The molecule has 0 aliphatic carbocycles. The maximum atomic E-state index is 12.3. The molecule has 0 fully saturated rings. The van der Waals surface area contributed by atoms with Crippen LogP contribution >= 0.6 is 0 Å². The molecule has 0 spiro atoms. The van der Waals surface area contributed by atoms with E-state index in [2.05, 4.69) is 0 Å². The van der Waals surface area contributed by atoms with Gasteiger partial charge in [-0.1, -0.05) is 25.5 Å². The zero-order valence-electron chi connectivity index (χ0n) is 12.4. The van der Waals surface area contributed by atoms with Crippen LogP contribution in [0.4, 0.5) is 0 Å². The van der Waals surface area contributed by atoms with Gasteiger partial charge in [0.15, 0.2) is 15.6 Å². The fourth-order valence-corrected chi connectivity index (χ4v) is 3.86. The Morgan fingerprint density at radius 3 is 2.33 bits per heavy atom. The van der Waals surface area contributed by atoms with Gasteiger partial charge in [0, 0.05) is 12.0 Å². The highest BCUT2D eigenvalue weighted by Crippen LogP contribution is 2.22. The lowest BCUT2D eigenvalue weighted by Gasteiger charge is -2.12. The van der Waals surface area contributed by atoms with Gasteiger partial charge >= 0.3 is 5.97 Å². The van der Waals surface area contributed by atoms with Gasteiger partial charge in [0.05, 0.1) is 17.1 Å². The standard InChI is InChI=1S/C15H20O5S/c1-10(2)9-21(19,20)14-6-4-11(3)8-12(14)13(16)5-7-15(17)18/h4,6,8,10H,5,7,9H2,1-3H3,(H,17,18). The Morgan fingerprint density at radius 1 is 1.19 bits per heavy atom. The molecule has 0 unspecified atom stereocenters. The van der Waals surface area contributed by atoms with E-state index in [1.165, 1.54) is 12.1 Å². The van der Waals surface area contributed by atoms with Crippen molar-refractivity contribution in [3.05, 3.63) is 29.3 Å². The van der Waals surface area contributed by atoms with Gasteiger partial charge < -0.3 is 5.11 Å². The third-order valence-electron chi connectivity index (χ3n) is 2.89. The summed E-state index contributed by atoms with van der Waals surface area (Å²) in [5.74, 6) is -1.64. The Balaban J connectivity index is 3.22. The van der Waals surface area contributed by atoms with E-state index < -0.39 is 21.6 Å². The largest absolute Gasteiger partial charge is 0.481 e. The second-order valence-corrected chi connectivity index (χ2v) is 7.49. The summed E-state index contributed by atoms with van der Waals surface area (Å²) >= 11 is 0. The SMILES string of the molecule is Cc1ccc(S(=O)(=O)CC(C)C)c(C(=O)CCC(=O)O)c1. The molecule has 0 aliphatic heterocycles. The minimum absolute atomic E-state index is 0.00260. The smallest absolute Gasteiger partial charge is 0.303 e. The maximum absolute atomic E-state index is 12.3. The van der Waals surface area contributed by atoms with Crippen molar-refractivity contribution in [2.75, 3.05) is 5.75 Å². The topological polar surface area (TPSA) is 88.5 Å². The first-order chi connectivity index (χ1) is 9.63. The second-order valence-electron chi connectivity index (χ2n) is 5.49. The van der Waals surface area contributed by atoms with E-state index in [9.17, 15) is 18.0 Å². The van der Waals surface area contributed by atoms with Crippen molar-refractivity contribution in [2.45, 2.75) is 38.5 Å². The normalized spacial score (nSPS) is 11.6. The molecular formula is C15H20O5S. The molecule has 0 atom stereocenters. The molecule has 0 aromatic heterocycles. The monoisotopic (exact) mass is 312 g/mol. The van der Waals surface area contributed by atoms with Gasteiger partial charge in [-0.05, 0) is 25.0 Å². The summed E-state index contributed by atoms with van der Waals surface area (Å²) in [4.78, 5) is 22.7. The summed E-state index contributed by atoms with van der Waals surface area (Å²) in [6, 6.07) is 4.58. The van der Waals surface area contributed by atoms with Crippen LogP contribution < -0.4 is 0 Å². The van der Waals surface area contributed by atoms with Crippen LogP contribution in [0.3, 0.4) is 0 Å². The van der Waals surface area contributed by atoms with Crippen molar-refractivity contribution in [1.29, 1.82) is 0 Å². The Labute approximate surface area is 124 Å². The molecule has 0 heterocycles. The van der Waals surface area contributed by atoms with Crippen LogP contribution in [-0.4, -0.2) is 31.0 Å². The van der Waals surface area contributed by atoms with Crippen molar-refractivity contribution < 1.29 is 23.1 Å². The quantitative estimate of drug-likeness (QED) is 0.781. The van der Waals surface area contributed by atoms with Gasteiger partial charge in [-0.3, -0.25) is 9.59 Å². The number of carboxylic acid groups (broad SMARTS) is 1. The number of sulfone groups is 1. The summed E-state index contributed by atoms with van der Waals surface area (Å²) in [6.07, 6.45) is -0.514. The fraction of sp³-hybridized carbons (Fsp3) is 0.467. The van der Waals surface area contributed by atoms with Gasteiger partial charge in [0.25, 0.3) is 0 Å². The predicted octanol–water partition coefficient (Wildman–Crippen LogP) is 2.47. The minimum Gasteiger partial charge on any atom is -0.481 e. The summed E-state index contributed by atoms with van der Waals surface area (Å²) in [5, 5.41) is 8.64. The van der Waals surface area contributed by atoms with Crippen molar-refractivity contribution in [1.82, 2.24) is 0 Å². The number of aryl methyl sites for hydroxylation is 1. The zero-order chi connectivity index (χ0) is 16.2. The highest BCUT2D eigenvalue weighted by molar-refractivity contribution is 7.91. The number of carboxylic acids is 1. The highest BCUT2D eigenvalue weighted by Gasteiger charge is 2.23. The molecular weight excluding hydrogens is 292 g/mol. The minimum atomic E-state index is -3.56. The van der Waals surface area contributed by atoms with Crippen molar-refractivity contribution in [3.63, 3.8) is 0 Å². The molecule has 21 heavy (non-hydrogen) atoms. The Hall–Kier alpha value is -1.69. The van der Waals surface area contributed by atoms with E-state index in [0.29, 0.717) is 0 Å². The van der Waals surface area contributed by atoms with Gasteiger partial charge in [-0.2, -0.15) is 0 Å². The van der Waals surface area contributed by atoms with E-state index in [1.54, 1.807) is 26.8 Å². The maximum Gasteiger partial charge on any atom is 0.303 e. The number of rotatable bonds is 7. The van der Waals surface area contributed by atoms with Crippen LogP contribution in [0.1, 0.15) is 42.6 Å². The fourth-order valence-electron chi connectivity index (χ4n) is 2.02. The molecule has 1 aromatic rings. The number of ketones is 1. The van der Waals surface area contributed by atoms with Gasteiger partial charge in [-0.15, -0.1) is 0 Å². The predicted molar refractivity (Wildman–Crippen MR) is 79.3 cm³/mol. The number of Topliss-reactive ketones (excluding diaryl/α,β-unsaturated/α-hetero) is 1. The van der Waals surface area contributed by atoms with Gasteiger partial charge in [-0.25, -0.2) is 8.42 Å². The van der Waals surface area contributed by atoms with Crippen molar-refractivity contribution in [2.24, 2.45) is 5.92 Å². The molecule has 6 heteroatoms. The summed E-state index contributed by atoms with van der Waals surface area (Å²) in [6.45, 7) is 5.34. The molecule has 1 N–H and O–H groups in total. The Morgan fingerprint density at radius 2 is 1.81 bits per heavy atom. The van der Waals surface area contributed by atoms with E-state index in [4.69, 9.17) is 5.11 Å². The molecule has 116 valence electrons. The molecule has 0 bridgehead atoms. The van der Waals surface area contributed by atoms with Crippen LogP contribution in [0, 0.1) is 12.8 Å². The van der Waals surface area contributed by atoms with Gasteiger partial charge in [0.1, 0.15) is 0 Å². The molecule has 0 amide bonds. The van der Waals surface area contributed by atoms with Crippen LogP contribution in [0.2, 0.25) is 0 Å². The van der Waals surface area contributed by atoms with Crippen LogP contribution in [0.5, 0.6) is 0 Å². The summed E-state index contributed by atoms with van der Waals surface area (Å²) in [7, 11) is -3.56. The molecule has 0 saturated heterocycles. The highest BCUT2D eigenvalue weighted by atomic mass is 32.2. The molecule has 1 aromatic carbocycles. The molecule has 0 saturated carbocycles. The number of benzene rings is 1. The average molecular weight is 312 g/mol. The Kier molecular flexibility index (Phi) is 5.66. The molecule has 0 aliphatic rings. The lowest BCUT2D eigenvalue weighted by Crippen LogP contribution is -2.16. The van der Waals surface area contributed by atoms with Crippen LogP contribution in [0.25, 0.3) is 0 Å². The van der Waals surface area contributed by atoms with E-state index in [-0.39, 0.29) is 35.0 Å². The number of hydrogen-bond acceptors (Lipinski definition) is 4. The zero-order valence-corrected chi connectivity index (χ0v) is 13.2.